The third-order valence-corrected chi connectivity index (χ3v) is 8.49. The number of amides is 2. The Morgan fingerprint density at radius 1 is 1.27 bits per heavy atom. The average Bonchev–Trinajstić information content (AvgIpc) is 3.47. The summed E-state index contributed by atoms with van der Waals surface area (Å²) in [7, 11) is 4.01. The Morgan fingerprint density at radius 2 is 2.07 bits per heavy atom. The third kappa shape index (κ3) is 3.34. The molecule has 7 nitrogen and oxygen atoms in total. The van der Waals surface area contributed by atoms with Gasteiger partial charge in [-0.25, -0.2) is 0 Å². The summed E-state index contributed by atoms with van der Waals surface area (Å²) in [6.07, 6.45) is 2.82. The minimum Gasteiger partial charge on any atom is -0.355 e. The van der Waals surface area contributed by atoms with E-state index in [1.54, 1.807) is 11.3 Å². The lowest BCUT2D eigenvalue weighted by Gasteiger charge is -2.27. The van der Waals surface area contributed by atoms with Gasteiger partial charge in [-0.15, -0.1) is 11.3 Å². The number of hydrogen-bond donors (Lipinski definition) is 0. The smallest absolute Gasteiger partial charge is 0.235 e. The number of rotatable bonds is 6. The van der Waals surface area contributed by atoms with Crippen LogP contribution >= 0.6 is 33.9 Å². The number of likely N-dealkylation sites (tertiary alicyclic amines) is 1. The zero-order valence-corrected chi connectivity index (χ0v) is 20.1. The Bertz CT molecular complexity index is 973. The Balaban J connectivity index is 1.43. The van der Waals surface area contributed by atoms with Crippen LogP contribution in [-0.4, -0.2) is 71.4 Å². The van der Waals surface area contributed by atoms with Crippen molar-refractivity contribution in [2.45, 2.75) is 31.3 Å². The van der Waals surface area contributed by atoms with Gasteiger partial charge in [-0.3, -0.25) is 19.4 Å². The van der Waals surface area contributed by atoms with Crippen LogP contribution < -0.4 is 0 Å². The second kappa shape index (κ2) is 7.99. The van der Waals surface area contributed by atoms with Crippen molar-refractivity contribution in [2.24, 2.45) is 11.8 Å². The van der Waals surface area contributed by atoms with Crippen LogP contribution in [-0.2, 0) is 9.59 Å². The molecule has 5 rings (SSSR count). The number of carbonyl (C=O) groups is 2. The molecule has 5 heterocycles. The lowest BCUT2D eigenvalue weighted by Crippen LogP contribution is -2.40. The fourth-order valence-corrected chi connectivity index (χ4v) is 6.94. The van der Waals surface area contributed by atoms with Crippen molar-refractivity contribution in [3.63, 3.8) is 0 Å². The minimum atomic E-state index is -0.344. The molecule has 2 aromatic heterocycles. The molecule has 3 saturated heterocycles. The van der Waals surface area contributed by atoms with E-state index in [-0.39, 0.29) is 35.7 Å². The predicted molar refractivity (Wildman–Crippen MR) is 122 cm³/mol. The van der Waals surface area contributed by atoms with Crippen LogP contribution in [0.2, 0.25) is 0 Å². The molecule has 0 saturated carbocycles. The molecule has 3 aliphatic heterocycles. The summed E-state index contributed by atoms with van der Waals surface area (Å²) in [5.41, 5.74) is 0.782. The number of halogens is 1. The molecule has 0 N–H and O–H groups in total. The lowest BCUT2D eigenvalue weighted by atomic mass is 9.86. The van der Waals surface area contributed by atoms with Crippen LogP contribution in [0.4, 0.5) is 0 Å². The summed E-state index contributed by atoms with van der Waals surface area (Å²) in [6.45, 7) is 2.26. The largest absolute Gasteiger partial charge is 0.355 e. The highest BCUT2D eigenvalue weighted by molar-refractivity contribution is 14.1. The van der Waals surface area contributed by atoms with Gasteiger partial charge in [0.1, 0.15) is 5.69 Å². The Kier molecular flexibility index (Phi) is 5.49. The van der Waals surface area contributed by atoms with E-state index in [0.717, 1.165) is 48.7 Å². The van der Waals surface area contributed by atoms with Crippen molar-refractivity contribution in [1.29, 1.82) is 0 Å². The van der Waals surface area contributed by atoms with Crippen molar-refractivity contribution in [1.82, 2.24) is 19.9 Å². The van der Waals surface area contributed by atoms with Gasteiger partial charge in [0.25, 0.3) is 0 Å². The molecule has 160 valence electrons. The normalized spacial score (nSPS) is 28.7. The second-order valence-electron chi connectivity index (χ2n) is 8.65. The lowest BCUT2D eigenvalue weighted by molar-refractivity contribution is -0.141. The average molecular weight is 540 g/mol. The number of nitrogens with zero attached hydrogens (tertiary/aromatic N) is 4. The maximum Gasteiger partial charge on any atom is 0.235 e. The van der Waals surface area contributed by atoms with E-state index in [2.05, 4.69) is 43.6 Å². The molecule has 0 radical (unpaired) electrons. The first kappa shape index (κ1) is 20.6. The molecule has 2 aromatic rings. The number of aromatic nitrogens is 1. The maximum absolute atomic E-state index is 13.4. The molecule has 3 aliphatic rings. The van der Waals surface area contributed by atoms with Gasteiger partial charge in [0.15, 0.2) is 5.76 Å². The SMILES string of the molecule is CN(C)CCCN1C(=O)[C@@H]2[C@H](C1=O)[C@H]1CCCN1[C@@H]2c1cc(-c2ccc(I)s2)on1. The molecule has 30 heavy (non-hydrogen) atoms. The van der Waals surface area contributed by atoms with Gasteiger partial charge in [0.2, 0.25) is 11.8 Å². The molecular weight excluding hydrogens is 515 g/mol. The summed E-state index contributed by atoms with van der Waals surface area (Å²) in [6, 6.07) is 6.02. The molecule has 2 amide bonds. The number of carbonyl (C=O) groups excluding carboxylic acids is 2. The van der Waals surface area contributed by atoms with Crippen LogP contribution in [0.5, 0.6) is 0 Å². The number of thiophene rings is 1. The van der Waals surface area contributed by atoms with Gasteiger partial charge in [-0.2, -0.15) is 0 Å². The molecule has 9 heteroatoms. The van der Waals surface area contributed by atoms with E-state index >= 15 is 0 Å². The monoisotopic (exact) mass is 540 g/mol. The van der Waals surface area contributed by atoms with Gasteiger partial charge in [-0.1, -0.05) is 5.16 Å². The molecule has 4 atom stereocenters. The standard InChI is InChI=1S/C21H25IN4O3S/c1-24(2)8-4-10-26-20(27)17-13-5-3-9-25(13)19(18(17)21(26)28)12-11-14(29-23-12)15-6-7-16(22)30-15/h6-7,11,13,17-19H,3-5,8-10H2,1-2H3/t13-,17-,18-,19-/m1/s1. The molecule has 0 unspecified atom stereocenters. The molecule has 0 spiro atoms. The van der Waals surface area contributed by atoms with Crippen molar-refractivity contribution in [3.05, 3.63) is 26.8 Å². The van der Waals surface area contributed by atoms with Gasteiger partial charge in [-0.05, 0) is 81.2 Å². The minimum absolute atomic E-state index is 0.0136. The highest BCUT2D eigenvalue weighted by atomic mass is 127. The van der Waals surface area contributed by atoms with Crippen LogP contribution in [0, 0.1) is 14.7 Å². The van der Waals surface area contributed by atoms with Gasteiger partial charge in [0.05, 0.1) is 25.6 Å². The van der Waals surface area contributed by atoms with E-state index in [4.69, 9.17) is 4.52 Å². The quantitative estimate of drug-likeness (QED) is 0.415. The summed E-state index contributed by atoms with van der Waals surface area (Å²) >= 11 is 3.95. The predicted octanol–water partition coefficient (Wildman–Crippen LogP) is 3.08. The summed E-state index contributed by atoms with van der Waals surface area (Å²) < 4.78 is 6.85. The number of imide groups is 1. The van der Waals surface area contributed by atoms with Crippen LogP contribution in [0.15, 0.2) is 22.7 Å². The fraction of sp³-hybridized carbons (Fsp3) is 0.571. The van der Waals surface area contributed by atoms with Gasteiger partial charge < -0.3 is 9.42 Å². The number of hydrogen-bond acceptors (Lipinski definition) is 7. The summed E-state index contributed by atoms with van der Waals surface area (Å²) in [5, 5.41) is 4.37. The van der Waals surface area contributed by atoms with Crippen molar-refractivity contribution in [3.8, 4) is 10.6 Å². The van der Waals surface area contributed by atoms with E-state index in [9.17, 15) is 9.59 Å². The van der Waals surface area contributed by atoms with Crippen molar-refractivity contribution >= 4 is 45.7 Å². The van der Waals surface area contributed by atoms with Crippen LogP contribution in [0.1, 0.15) is 31.0 Å². The highest BCUT2D eigenvalue weighted by Crippen LogP contribution is 2.53. The first-order valence-electron chi connectivity index (χ1n) is 10.4. The molecule has 3 fully saturated rings. The topological polar surface area (TPSA) is 69.9 Å². The number of fused-ring (bicyclic) bond motifs is 3. The fourth-order valence-electron chi connectivity index (χ4n) is 5.37. The van der Waals surface area contributed by atoms with E-state index < -0.39 is 0 Å². The van der Waals surface area contributed by atoms with Gasteiger partial charge >= 0.3 is 0 Å². The Hall–Kier alpha value is -1.30. The third-order valence-electron chi connectivity index (χ3n) is 6.58. The molecular formula is C21H25IN4O3S. The Morgan fingerprint density at radius 3 is 2.80 bits per heavy atom. The first-order valence-corrected chi connectivity index (χ1v) is 12.3. The van der Waals surface area contributed by atoms with E-state index in [0.29, 0.717) is 6.54 Å². The van der Waals surface area contributed by atoms with Gasteiger partial charge in [0, 0.05) is 18.7 Å². The highest BCUT2D eigenvalue weighted by Gasteiger charge is 2.63. The zero-order valence-electron chi connectivity index (χ0n) is 17.1. The second-order valence-corrected chi connectivity index (χ2v) is 11.6. The summed E-state index contributed by atoms with van der Waals surface area (Å²) in [5.74, 6) is 0.130. The zero-order chi connectivity index (χ0) is 21.0. The van der Waals surface area contributed by atoms with Crippen molar-refractivity contribution in [2.75, 3.05) is 33.7 Å². The van der Waals surface area contributed by atoms with Crippen LogP contribution in [0.3, 0.4) is 0 Å². The van der Waals surface area contributed by atoms with Crippen LogP contribution in [0.25, 0.3) is 10.6 Å². The molecule has 0 bridgehead atoms. The molecule has 0 aliphatic carbocycles. The first-order chi connectivity index (χ1) is 14.5. The van der Waals surface area contributed by atoms with E-state index in [1.807, 2.05) is 26.2 Å². The summed E-state index contributed by atoms with van der Waals surface area (Å²) in [4.78, 5) is 33.6. The van der Waals surface area contributed by atoms with Crippen molar-refractivity contribution < 1.29 is 14.1 Å². The van der Waals surface area contributed by atoms with E-state index in [1.165, 1.54) is 7.78 Å². The molecule has 0 aromatic carbocycles. The maximum atomic E-state index is 13.4. The Labute approximate surface area is 193 Å².